The molecule has 2 aromatic rings. The summed E-state index contributed by atoms with van der Waals surface area (Å²) in [7, 11) is -3.73. The number of rotatable bonds is 10. The molecule has 33 heavy (non-hydrogen) atoms. The van der Waals surface area contributed by atoms with E-state index in [1.54, 1.807) is 31.2 Å². The molecule has 0 spiro atoms. The van der Waals surface area contributed by atoms with E-state index in [2.05, 4.69) is 43.8 Å². The summed E-state index contributed by atoms with van der Waals surface area (Å²) in [6.45, 7) is 5.88. The van der Waals surface area contributed by atoms with Crippen molar-refractivity contribution in [2.24, 2.45) is 5.92 Å². The van der Waals surface area contributed by atoms with Gasteiger partial charge in [-0.3, -0.25) is 13.9 Å². The van der Waals surface area contributed by atoms with Crippen LogP contribution in [0.1, 0.15) is 26.3 Å². The van der Waals surface area contributed by atoms with Crippen LogP contribution >= 0.6 is 38.5 Å². The van der Waals surface area contributed by atoms with E-state index in [1.807, 2.05) is 38.1 Å². The largest absolute Gasteiger partial charge is 0.354 e. The van der Waals surface area contributed by atoms with Crippen molar-refractivity contribution in [2.75, 3.05) is 23.7 Å². The first-order chi connectivity index (χ1) is 15.4. The highest BCUT2D eigenvalue weighted by Gasteiger charge is 2.30. The predicted octanol–water partition coefficient (Wildman–Crippen LogP) is 4.01. The predicted molar refractivity (Wildman–Crippen MR) is 143 cm³/mol. The normalized spacial score (nSPS) is 12.3. The Morgan fingerprint density at radius 3 is 2.12 bits per heavy atom. The molecule has 0 radical (unpaired) electrons. The van der Waals surface area contributed by atoms with Crippen molar-refractivity contribution in [3.63, 3.8) is 0 Å². The summed E-state index contributed by atoms with van der Waals surface area (Å²) in [5, 5.41) is 2.86. The first kappa shape index (κ1) is 27.6. The summed E-state index contributed by atoms with van der Waals surface area (Å²) in [5.41, 5.74) is 1.22. The highest BCUT2D eigenvalue weighted by atomic mass is 127. The lowest BCUT2D eigenvalue weighted by atomic mass is 10.1. The topological polar surface area (TPSA) is 86.8 Å². The minimum atomic E-state index is -3.73. The van der Waals surface area contributed by atoms with Gasteiger partial charge in [0.15, 0.2) is 0 Å². The first-order valence-electron chi connectivity index (χ1n) is 10.4. The summed E-state index contributed by atoms with van der Waals surface area (Å²) in [6.07, 6.45) is 1.07. The number of benzene rings is 2. The summed E-state index contributed by atoms with van der Waals surface area (Å²) in [5.74, 6) is -0.484. The number of hydrogen-bond acceptors (Lipinski definition) is 4. The molecule has 1 unspecified atom stereocenters. The molecule has 0 bridgehead atoms. The van der Waals surface area contributed by atoms with Gasteiger partial charge in [-0.15, -0.1) is 0 Å². The average molecular weight is 650 g/mol. The van der Waals surface area contributed by atoms with Crippen LogP contribution in [0.15, 0.2) is 53.0 Å². The first-order valence-corrected chi connectivity index (χ1v) is 14.2. The number of amides is 2. The summed E-state index contributed by atoms with van der Waals surface area (Å²) in [4.78, 5) is 27.6. The van der Waals surface area contributed by atoms with E-state index in [9.17, 15) is 18.0 Å². The van der Waals surface area contributed by atoms with E-state index in [0.717, 1.165) is 24.2 Å². The van der Waals surface area contributed by atoms with Gasteiger partial charge < -0.3 is 10.2 Å². The maximum atomic E-state index is 13.4. The number of nitrogens with one attached hydrogen (secondary N) is 1. The van der Waals surface area contributed by atoms with Crippen molar-refractivity contribution < 1.29 is 18.0 Å². The van der Waals surface area contributed by atoms with Crippen LogP contribution in [0.3, 0.4) is 0 Å². The molecular formula is C23H29BrIN3O4S. The SMILES string of the molecule is CC(C)CNC(=O)C(C)N(Cc1ccc(Br)cc1)C(=O)CN(c1ccc(I)cc1)S(C)(=O)=O. The molecule has 0 heterocycles. The Kier molecular flexibility index (Phi) is 10.2. The van der Waals surface area contributed by atoms with E-state index in [0.29, 0.717) is 12.2 Å². The molecular weight excluding hydrogens is 621 g/mol. The van der Waals surface area contributed by atoms with Crippen LogP contribution in [-0.4, -0.2) is 50.5 Å². The smallest absolute Gasteiger partial charge is 0.244 e. The molecule has 0 aliphatic rings. The van der Waals surface area contributed by atoms with Crippen LogP contribution in [-0.2, 0) is 26.2 Å². The summed E-state index contributed by atoms with van der Waals surface area (Å²) < 4.78 is 28.0. The van der Waals surface area contributed by atoms with Crippen LogP contribution in [0.2, 0.25) is 0 Å². The Bertz CT molecular complexity index is 1060. The van der Waals surface area contributed by atoms with Gasteiger partial charge in [0.1, 0.15) is 12.6 Å². The standard InChI is InChI=1S/C23H29BrIN3O4S/c1-16(2)13-26-23(30)17(3)27(14-18-5-7-19(24)8-6-18)22(29)15-28(33(4,31)32)21-11-9-20(25)10-12-21/h5-12,16-17H,13-15H2,1-4H3,(H,26,30). The van der Waals surface area contributed by atoms with Crippen LogP contribution in [0, 0.1) is 9.49 Å². The maximum absolute atomic E-state index is 13.4. The molecule has 2 aromatic carbocycles. The Morgan fingerprint density at radius 1 is 1.03 bits per heavy atom. The molecule has 0 aromatic heterocycles. The van der Waals surface area contributed by atoms with E-state index in [-0.39, 0.29) is 18.4 Å². The molecule has 7 nitrogen and oxygen atoms in total. The van der Waals surface area contributed by atoms with Crippen LogP contribution in [0.25, 0.3) is 0 Å². The van der Waals surface area contributed by atoms with Gasteiger partial charge in [-0.2, -0.15) is 0 Å². The lowest BCUT2D eigenvalue weighted by molar-refractivity contribution is -0.139. The lowest BCUT2D eigenvalue weighted by Crippen LogP contribution is -2.51. The lowest BCUT2D eigenvalue weighted by Gasteiger charge is -2.31. The van der Waals surface area contributed by atoms with Gasteiger partial charge in [0.05, 0.1) is 11.9 Å². The second-order valence-corrected chi connectivity index (χ2v) is 12.3. The Balaban J connectivity index is 2.34. The van der Waals surface area contributed by atoms with Crippen molar-refractivity contribution in [2.45, 2.75) is 33.4 Å². The average Bonchev–Trinajstić information content (AvgIpc) is 2.74. The summed E-state index contributed by atoms with van der Waals surface area (Å²) in [6, 6.07) is 13.5. The van der Waals surface area contributed by atoms with E-state index in [1.165, 1.54) is 4.90 Å². The summed E-state index contributed by atoms with van der Waals surface area (Å²) >= 11 is 5.52. The Labute approximate surface area is 218 Å². The third kappa shape index (κ3) is 8.56. The number of carbonyl (C=O) groups excluding carboxylic acids is 2. The maximum Gasteiger partial charge on any atom is 0.244 e. The molecule has 1 N–H and O–H groups in total. The van der Waals surface area contributed by atoms with Gasteiger partial charge in [-0.05, 0) is 77.4 Å². The monoisotopic (exact) mass is 649 g/mol. The van der Waals surface area contributed by atoms with E-state index < -0.39 is 28.5 Å². The fourth-order valence-corrected chi connectivity index (χ4v) is 4.52. The second kappa shape index (κ2) is 12.2. The van der Waals surface area contributed by atoms with Gasteiger partial charge >= 0.3 is 0 Å². The number of sulfonamides is 1. The van der Waals surface area contributed by atoms with Gasteiger partial charge in [0, 0.05) is 21.1 Å². The molecule has 0 aliphatic carbocycles. The molecule has 10 heteroatoms. The van der Waals surface area contributed by atoms with Crippen LogP contribution in [0.4, 0.5) is 5.69 Å². The number of carbonyl (C=O) groups is 2. The van der Waals surface area contributed by atoms with Gasteiger partial charge in [-0.25, -0.2) is 8.42 Å². The molecule has 180 valence electrons. The zero-order chi connectivity index (χ0) is 24.8. The van der Waals surface area contributed by atoms with Crippen molar-refractivity contribution in [1.82, 2.24) is 10.2 Å². The van der Waals surface area contributed by atoms with E-state index >= 15 is 0 Å². The molecule has 0 fully saturated rings. The van der Waals surface area contributed by atoms with Gasteiger partial charge in [0.25, 0.3) is 0 Å². The van der Waals surface area contributed by atoms with Crippen molar-refractivity contribution >= 4 is 66.0 Å². The van der Waals surface area contributed by atoms with Crippen molar-refractivity contribution in [3.05, 3.63) is 62.1 Å². The minimum Gasteiger partial charge on any atom is -0.354 e. The Hall–Kier alpha value is -1.66. The Morgan fingerprint density at radius 2 is 1.61 bits per heavy atom. The van der Waals surface area contributed by atoms with E-state index in [4.69, 9.17) is 0 Å². The fourth-order valence-electron chi connectivity index (χ4n) is 3.04. The quantitative estimate of drug-likeness (QED) is 0.394. The molecule has 1 atom stereocenters. The molecule has 2 rings (SSSR count). The molecule has 0 saturated carbocycles. The van der Waals surface area contributed by atoms with Gasteiger partial charge in [-0.1, -0.05) is 41.9 Å². The third-order valence-corrected chi connectivity index (χ3v) is 7.30. The molecule has 2 amide bonds. The van der Waals surface area contributed by atoms with Crippen molar-refractivity contribution in [1.29, 1.82) is 0 Å². The number of anilines is 1. The van der Waals surface area contributed by atoms with Gasteiger partial charge in [0.2, 0.25) is 21.8 Å². The highest BCUT2D eigenvalue weighted by molar-refractivity contribution is 14.1. The number of hydrogen-bond donors (Lipinski definition) is 1. The van der Waals surface area contributed by atoms with Crippen LogP contribution < -0.4 is 9.62 Å². The third-order valence-electron chi connectivity index (χ3n) is 4.91. The second-order valence-electron chi connectivity index (χ2n) is 8.21. The minimum absolute atomic E-state index is 0.173. The molecule has 0 saturated heterocycles. The van der Waals surface area contributed by atoms with Crippen molar-refractivity contribution in [3.8, 4) is 0 Å². The zero-order valence-electron chi connectivity index (χ0n) is 19.1. The number of nitrogens with zero attached hydrogens (tertiary/aromatic N) is 2. The highest BCUT2D eigenvalue weighted by Crippen LogP contribution is 2.21. The fraction of sp³-hybridized carbons (Fsp3) is 0.391. The zero-order valence-corrected chi connectivity index (χ0v) is 23.6. The molecule has 0 aliphatic heterocycles. The number of halogens is 2. The van der Waals surface area contributed by atoms with Crippen LogP contribution in [0.5, 0.6) is 0 Å².